The molecule has 31 heavy (non-hydrogen) atoms. The fourth-order valence-corrected chi connectivity index (χ4v) is 9.64. The average Bonchev–Trinajstić information content (AvgIpc) is 2.72. The van der Waals surface area contributed by atoms with E-state index in [2.05, 4.69) is 58.3 Å². The molecular weight excluding hydrogens is 382 g/mol. The Morgan fingerprint density at radius 3 is 2.55 bits per heavy atom. The third kappa shape index (κ3) is 2.90. The third-order valence-electron chi connectivity index (χ3n) is 11.4. The van der Waals surface area contributed by atoms with E-state index in [0.717, 1.165) is 43.9 Å². The van der Waals surface area contributed by atoms with Gasteiger partial charge < -0.3 is 0 Å². The van der Waals surface area contributed by atoms with Crippen LogP contribution in [0.15, 0.2) is 23.8 Å². The minimum Gasteiger partial charge on any atom is -0.289 e. The van der Waals surface area contributed by atoms with Crippen LogP contribution in [0.5, 0.6) is 0 Å². The van der Waals surface area contributed by atoms with Crippen LogP contribution < -0.4 is 5.48 Å². The second-order valence-corrected chi connectivity index (χ2v) is 13.2. The van der Waals surface area contributed by atoms with Crippen LogP contribution in [-0.4, -0.2) is 11.1 Å². The summed E-state index contributed by atoms with van der Waals surface area (Å²) in [5, 5.41) is 9.65. The molecule has 3 saturated carbocycles. The quantitative estimate of drug-likeness (QED) is 0.280. The molecule has 0 aromatic heterocycles. The number of hydroxylamine groups is 1. The molecule has 8 atom stereocenters. The van der Waals surface area contributed by atoms with E-state index in [9.17, 15) is 10.0 Å². The van der Waals surface area contributed by atoms with E-state index in [1.807, 2.05) is 0 Å². The number of hydrogen-bond donors (Lipinski definition) is 2. The molecule has 7 unspecified atom stereocenters. The number of carbonyl (C=O) groups is 1. The Bertz CT molecular complexity index is 827. The normalized spacial score (nSPS) is 50.3. The van der Waals surface area contributed by atoms with Crippen LogP contribution in [0.1, 0.15) is 92.4 Å². The molecule has 0 radical (unpaired) electrons. The van der Waals surface area contributed by atoms with Crippen molar-refractivity contribution in [1.29, 1.82) is 0 Å². The molecule has 0 saturated heterocycles. The maximum Gasteiger partial charge on any atom is 0.250 e. The lowest BCUT2D eigenvalue weighted by Crippen LogP contribution is -2.59. The Morgan fingerprint density at radius 2 is 1.81 bits per heavy atom. The molecule has 0 aliphatic heterocycles. The SMILES string of the molecule is C[C@H]1C=CCC2(C)C1CCC1(C)C3CCC4(C(=O)NO)CCC(C)(C)CC4C3=CCC12. The largest absolute Gasteiger partial charge is 0.289 e. The van der Waals surface area contributed by atoms with Gasteiger partial charge in [0.05, 0.1) is 5.41 Å². The Hall–Kier alpha value is -1.09. The van der Waals surface area contributed by atoms with Crippen molar-refractivity contribution in [1.82, 2.24) is 5.48 Å². The second kappa shape index (κ2) is 6.95. The summed E-state index contributed by atoms with van der Waals surface area (Å²) < 4.78 is 0. The standard InChI is InChI=1S/C28H43NO2/c1-18-7-6-12-26(4)20(18)10-13-27(5)21-11-14-28(24(30)29-31)16-15-25(2,3)17-22(28)19(21)8-9-23(26)27/h6-8,18,20-23,31H,9-17H2,1-5H3,(H,29,30)/t18-,20?,21?,22?,23?,26?,27?,28?/m0/s1. The van der Waals surface area contributed by atoms with Gasteiger partial charge >= 0.3 is 0 Å². The number of rotatable bonds is 1. The fourth-order valence-electron chi connectivity index (χ4n) is 9.64. The summed E-state index contributed by atoms with van der Waals surface area (Å²) in [4.78, 5) is 13.1. The number of amides is 1. The Balaban J connectivity index is 1.56. The van der Waals surface area contributed by atoms with Crippen LogP contribution in [0, 0.1) is 51.2 Å². The van der Waals surface area contributed by atoms with E-state index in [4.69, 9.17) is 0 Å². The van der Waals surface area contributed by atoms with Crippen molar-refractivity contribution in [2.24, 2.45) is 51.2 Å². The van der Waals surface area contributed by atoms with Gasteiger partial charge in [-0.3, -0.25) is 10.0 Å². The van der Waals surface area contributed by atoms with Gasteiger partial charge in [0.25, 0.3) is 0 Å². The van der Waals surface area contributed by atoms with Gasteiger partial charge in [0, 0.05) is 0 Å². The fraction of sp³-hybridized carbons (Fsp3) is 0.821. The molecule has 5 aliphatic rings. The lowest BCUT2D eigenvalue weighted by Gasteiger charge is -2.65. The number of nitrogens with one attached hydrogen (secondary N) is 1. The average molecular weight is 426 g/mol. The van der Waals surface area contributed by atoms with Crippen LogP contribution >= 0.6 is 0 Å². The van der Waals surface area contributed by atoms with Gasteiger partial charge in [-0.25, -0.2) is 5.48 Å². The predicted octanol–water partition coefficient (Wildman–Crippen LogP) is 6.68. The van der Waals surface area contributed by atoms with E-state index < -0.39 is 5.41 Å². The first-order chi connectivity index (χ1) is 14.6. The molecule has 3 fully saturated rings. The minimum absolute atomic E-state index is 0.124. The van der Waals surface area contributed by atoms with Crippen molar-refractivity contribution in [2.45, 2.75) is 92.4 Å². The number of hydrogen-bond acceptors (Lipinski definition) is 2. The van der Waals surface area contributed by atoms with Crippen LogP contribution in [-0.2, 0) is 4.79 Å². The van der Waals surface area contributed by atoms with Crippen LogP contribution in [0.4, 0.5) is 0 Å². The van der Waals surface area contributed by atoms with Crippen molar-refractivity contribution in [2.75, 3.05) is 0 Å². The van der Waals surface area contributed by atoms with E-state index in [-0.39, 0.29) is 17.2 Å². The molecule has 0 aromatic carbocycles. The zero-order valence-corrected chi connectivity index (χ0v) is 20.3. The maximum atomic E-state index is 13.1. The Kier molecular flexibility index (Phi) is 4.88. The van der Waals surface area contributed by atoms with Crippen molar-refractivity contribution < 1.29 is 10.0 Å². The van der Waals surface area contributed by atoms with Gasteiger partial charge in [0.15, 0.2) is 0 Å². The summed E-state index contributed by atoms with van der Waals surface area (Å²) in [5.74, 6) is 3.00. The summed E-state index contributed by atoms with van der Waals surface area (Å²) in [7, 11) is 0. The van der Waals surface area contributed by atoms with Gasteiger partial charge in [-0.15, -0.1) is 0 Å². The van der Waals surface area contributed by atoms with Crippen molar-refractivity contribution in [3.8, 4) is 0 Å². The first kappa shape index (κ1) is 21.7. The second-order valence-electron chi connectivity index (χ2n) is 13.2. The van der Waals surface area contributed by atoms with Crippen molar-refractivity contribution in [3.63, 3.8) is 0 Å². The molecule has 5 rings (SSSR count). The Labute approximate surface area is 189 Å². The van der Waals surface area contributed by atoms with Crippen LogP contribution in [0.25, 0.3) is 0 Å². The molecular formula is C28H43NO2. The lowest BCUT2D eigenvalue weighted by atomic mass is 9.39. The summed E-state index contributed by atoms with van der Waals surface area (Å²) >= 11 is 0. The lowest BCUT2D eigenvalue weighted by molar-refractivity contribution is -0.155. The Morgan fingerprint density at radius 1 is 1.03 bits per heavy atom. The van der Waals surface area contributed by atoms with Gasteiger partial charge in [-0.1, -0.05) is 58.4 Å². The zero-order chi connectivity index (χ0) is 22.2. The van der Waals surface area contributed by atoms with Gasteiger partial charge in [0.1, 0.15) is 0 Å². The molecule has 1 amide bonds. The number of carbonyl (C=O) groups excluding carboxylic acids is 1. The monoisotopic (exact) mass is 425 g/mol. The van der Waals surface area contributed by atoms with Gasteiger partial charge in [-0.05, 0) is 104 Å². The van der Waals surface area contributed by atoms with Crippen molar-refractivity contribution in [3.05, 3.63) is 23.8 Å². The van der Waals surface area contributed by atoms with Crippen LogP contribution in [0.2, 0.25) is 0 Å². The summed E-state index contributed by atoms with van der Waals surface area (Å²) in [6, 6.07) is 0. The van der Waals surface area contributed by atoms with E-state index in [1.165, 1.54) is 25.7 Å². The molecule has 0 bridgehead atoms. The van der Waals surface area contributed by atoms with E-state index in [1.54, 1.807) is 5.57 Å². The summed E-state index contributed by atoms with van der Waals surface area (Å²) in [5.41, 5.74) is 4.26. The molecule has 0 heterocycles. The highest BCUT2D eigenvalue weighted by Gasteiger charge is 2.63. The molecule has 3 nitrogen and oxygen atoms in total. The first-order valence-electron chi connectivity index (χ1n) is 12.9. The highest BCUT2D eigenvalue weighted by molar-refractivity contribution is 5.83. The highest BCUT2D eigenvalue weighted by atomic mass is 16.5. The topological polar surface area (TPSA) is 49.3 Å². The molecule has 0 aromatic rings. The minimum atomic E-state index is -0.404. The smallest absolute Gasteiger partial charge is 0.250 e. The third-order valence-corrected chi connectivity index (χ3v) is 11.4. The summed E-state index contributed by atoms with van der Waals surface area (Å²) in [6.07, 6.45) is 17.7. The molecule has 5 aliphatic carbocycles. The van der Waals surface area contributed by atoms with E-state index in [0.29, 0.717) is 22.7 Å². The van der Waals surface area contributed by atoms with E-state index >= 15 is 0 Å². The molecule has 3 heteroatoms. The molecule has 172 valence electrons. The zero-order valence-electron chi connectivity index (χ0n) is 20.3. The number of allylic oxidation sites excluding steroid dienone is 4. The number of fused-ring (bicyclic) bond motifs is 7. The maximum absolute atomic E-state index is 13.1. The molecule has 2 N–H and O–H groups in total. The highest BCUT2D eigenvalue weighted by Crippen LogP contribution is 2.70. The van der Waals surface area contributed by atoms with Gasteiger partial charge in [-0.2, -0.15) is 0 Å². The first-order valence-corrected chi connectivity index (χ1v) is 12.9. The van der Waals surface area contributed by atoms with Crippen LogP contribution in [0.3, 0.4) is 0 Å². The molecule has 0 spiro atoms. The van der Waals surface area contributed by atoms with Crippen molar-refractivity contribution >= 4 is 5.91 Å². The van der Waals surface area contributed by atoms with Gasteiger partial charge in [0.2, 0.25) is 5.91 Å². The predicted molar refractivity (Wildman–Crippen MR) is 124 cm³/mol. The summed E-state index contributed by atoms with van der Waals surface area (Å²) in [6.45, 7) is 12.4.